The molecule has 0 saturated heterocycles. The van der Waals surface area contributed by atoms with Gasteiger partial charge < -0.3 is 9.88 Å². The first-order valence-corrected chi connectivity index (χ1v) is 6.17. The third kappa shape index (κ3) is 2.34. The van der Waals surface area contributed by atoms with E-state index in [1.807, 2.05) is 33.3 Å². The van der Waals surface area contributed by atoms with Gasteiger partial charge in [-0.3, -0.25) is 4.98 Å². The molecule has 0 saturated carbocycles. The highest BCUT2D eigenvalue weighted by molar-refractivity contribution is 5.42. The van der Waals surface area contributed by atoms with E-state index in [9.17, 15) is 0 Å². The molecule has 2 aromatic rings. The van der Waals surface area contributed by atoms with Crippen LogP contribution in [0.5, 0.6) is 0 Å². The average Bonchev–Trinajstić information content (AvgIpc) is 2.80. The molecule has 96 valence electrons. The molecule has 0 amide bonds. The first-order valence-electron chi connectivity index (χ1n) is 6.17. The van der Waals surface area contributed by atoms with Crippen LogP contribution in [0, 0.1) is 13.8 Å². The molecule has 5 heteroatoms. The fourth-order valence-electron chi connectivity index (χ4n) is 1.92. The van der Waals surface area contributed by atoms with Crippen LogP contribution >= 0.6 is 0 Å². The molecular weight excluding hydrogens is 226 g/mol. The maximum Gasteiger partial charge on any atom is 0.148 e. The van der Waals surface area contributed by atoms with Gasteiger partial charge in [0.25, 0.3) is 0 Å². The molecule has 0 aliphatic carbocycles. The summed E-state index contributed by atoms with van der Waals surface area (Å²) in [6, 6.07) is 0. The van der Waals surface area contributed by atoms with Crippen molar-refractivity contribution in [2.75, 3.05) is 12.4 Å². The zero-order valence-corrected chi connectivity index (χ0v) is 11.4. The van der Waals surface area contributed by atoms with E-state index in [0.717, 1.165) is 35.3 Å². The maximum atomic E-state index is 4.62. The van der Waals surface area contributed by atoms with Crippen LogP contribution in [-0.4, -0.2) is 26.6 Å². The summed E-state index contributed by atoms with van der Waals surface area (Å²) in [5.41, 5.74) is 2.88. The molecule has 0 aliphatic rings. The van der Waals surface area contributed by atoms with Gasteiger partial charge in [-0.2, -0.15) is 0 Å². The first-order chi connectivity index (χ1) is 8.65. The summed E-state index contributed by atoms with van der Waals surface area (Å²) in [5.74, 6) is 1.86. The van der Waals surface area contributed by atoms with Crippen LogP contribution in [0.1, 0.15) is 29.8 Å². The van der Waals surface area contributed by atoms with E-state index in [2.05, 4.69) is 31.8 Å². The third-order valence-electron chi connectivity index (χ3n) is 3.08. The second kappa shape index (κ2) is 5.16. The molecule has 0 fully saturated rings. The van der Waals surface area contributed by atoms with Gasteiger partial charge in [-0.1, -0.05) is 0 Å². The standard InChI is InChI=1S/C13H19N5/c1-5-18-7-6-15-12(18)8-11-13(14-4)17-10(3)9(2)16-11/h6-7H,5,8H2,1-4H3,(H,14,17). The number of rotatable bonds is 4. The summed E-state index contributed by atoms with van der Waals surface area (Å²) in [4.78, 5) is 13.5. The lowest BCUT2D eigenvalue weighted by Gasteiger charge is -2.11. The quantitative estimate of drug-likeness (QED) is 0.894. The van der Waals surface area contributed by atoms with Gasteiger partial charge in [0.1, 0.15) is 11.6 Å². The van der Waals surface area contributed by atoms with Crippen molar-refractivity contribution < 1.29 is 0 Å². The molecule has 0 spiro atoms. The summed E-state index contributed by atoms with van der Waals surface area (Å²) in [6.45, 7) is 6.98. The number of anilines is 1. The Morgan fingerprint density at radius 2 is 1.94 bits per heavy atom. The zero-order chi connectivity index (χ0) is 13.1. The maximum absolute atomic E-state index is 4.62. The fraction of sp³-hybridized carbons (Fsp3) is 0.462. The van der Waals surface area contributed by atoms with Gasteiger partial charge in [0.2, 0.25) is 0 Å². The number of aryl methyl sites for hydroxylation is 3. The molecule has 0 atom stereocenters. The highest BCUT2D eigenvalue weighted by Gasteiger charge is 2.11. The molecule has 0 bridgehead atoms. The monoisotopic (exact) mass is 245 g/mol. The SMILES string of the molecule is CCn1ccnc1Cc1nc(C)c(C)nc1NC. The van der Waals surface area contributed by atoms with Crippen LogP contribution in [0.4, 0.5) is 5.82 Å². The first kappa shape index (κ1) is 12.5. The second-order valence-corrected chi connectivity index (χ2v) is 4.25. The Morgan fingerprint density at radius 3 is 2.61 bits per heavy atom. The molecule has 5 nitrogen and oxygen atoms in total. The minimum atomic E-state index is 0.700. The summed E-state index contributed by atoms with van der Waals surface area (Å²) < 4.78 is 2.12. The number of nitrogens with one attached hydrogen (secondary N) is 1. The Labute approximate surface area is 107 Å². The Bertz CT molecular complexity index is 544. The number of aromatic nitrogens is 4. The van der Waals surface area contributed by atoms with E-state index in [1.165, 1.54) is 0 Å². The van der Waals surface area contributed by atoms with Crippen molar-refractivity contribution in [1.29, 1.82) is 0 Å². The van der Waals surface area contributed by atoms with Crippen LogP contribution in [-0.2, 0) is 13.0 Å². The number of hydrogen-bond donors (Lipinski definition) is 1. The summed E-state index contributed by atoms with van der Waals surface area (Å²) >= 11 is 0. The summed E-state index contributed by atoms with van der Waals surface area (Å²) in [6.07, 6.45) is 4.51. The summed E-state index contributed by atoms with van der Waals surface area (Å²) in [5, 5.41) is 3.10. The van der Waals surface area contributed by atoms with Crippen molar-refractivity contribution >= 4 is 5.82 Å². The molecule has 0 aliphatic heterocycles. The predicted octanol–water partition coefficient (Wildman–Crippen LogP) is 1.94. The Kier molecular flexibility index (Phi) is 3.60. The minimum absolute atomic E-state index is 0.700. The topological polar surface area (TPSA) is 55.6 Å². The van der Waals surface area contributed by atoms with Crippen molar-refractivity contribution in [3.63, 3.8) is 0 Å². The molecule has 2 aromatic heterocycles. The Balaban J connectivity index is 2.36. The Morgan fingerprint density at radius 1 is 1.22 bits per heavy atom. The molecular formula is C13H19N5. The van der Waals surface area contributed by atoms with Gasteiger partial charge >= 0.3 is 0 Å². The van der Waals surface area contributed by atoms with Crippen molar-refractivity contribution in [3.8, 4) is 0 Å². The van der Waals surface area contributed by atoms with Crippen molar-refractivity contribution in [2.45, 2.75) is 33.7 Å². The predicted molar refractivity (Wildman–Crippen MR) is 71.8 cm³/mol. The number of hydrogen-bond acceptors (Lipinski definition) is 4. The molecule has 0 radical (unpaired) electrons. The van der Waals surface area contributed by atoms with Crippen molar-refractivity contribution in [3.05, 3.63) is 35.3 Å². The van der Waals surface area contributed by atoms with Gasteiger partial charge in [-0.15, -0.1) is 0 Å². The zero-order valence-electron chi connectivity index (χ0n) is 11.4. The van der Waals surface area contributed by atoms with E-state index in [0.29, 0.717) is 6.42 Å². The number of imidazole rings is 1. The minimum Gasteiger partial charge on any atom is -0.372 e. The van der Waals surface area contributed by atoms with Gasteiger partial charge in [0.15, 0.2) is 0 Å². The molecule has 1 N–H and O–H groups in total. The van der Waals surface area contributed by atoms with Gasteiger partial charge in [0, 0.05) is 26.0 Å². The van der Waals surface area contributed by atoms with Gasteiger partial charge in [0.05, 0.1) is 23.5 Å². The number of nitrogens with zero attached hydrogens (tertiary/aromatic N) is 4. The lowest BCUT2D eigenvalue weighted by Crippen LogP contribution is -2.09. The second-order valence-electron chi connectivity index (χ2n) is 4.25. The lowest BCUT2D eigenvalue weighted by atomic mass is 10.2. The van der Waals surface area contributed by atoms with E-state index < -0.39 is 0 Å². The lowest BCUT2D eigenvalue weighted by molar-refractivity contribution is 0.707. The highest BCUT2D eigenvalue weighted by atomic mass is 15.1. The summed E-state index contributed by atoms with van der Waals surface area (Å²) in [7, 11) is 1.87. The van der Waals surface area contributed by atoms with E-state index in [-0.39, 0.29) is 0 Å². The highest BCUT2D eigenvalue weighted by Crippen LogP contribution is 2.16. The van der Waals surface area contributed by atoms with Crippen molar-refractivity contribution in [1.82, 2.24) is 19.5 Å². The average molecular weight is 245 g/mol. The van der Waals surface area contributed by atoms with Crippen LogP contribution in [0.15, 0.2) is 12.4 Å². The largest absolute Gasteiger partial charge is 0.372 e. The van der Waals surface area contributed by atoms with Crippen LogP contribution in [0.2, 0.25) is 0 Å². The van der Waals surface area contributed by atoms with Crippen LogP contribution < -0.4 is 5.32 Å². The molecule has 18 heavy (non-hydrogen) atoms. The van der Waals surface area contributed by atoms with Gasteiger partial charge in [-0.25, -0.2) is 9.97 Å². The van der Waals surface area contributed by atoms with E-state index >= 15 is 0 Å². The fourth-order valence-corrected chi connectivity index (χ4v) is 1.92. The smallest absolute Gasteiger partial charge is 0.148 e. The molecule has 2 rings (SSSR count). The van der Waals surface area contributed by atoms with Gasteiger partial charge in [-0.05, 0) is 20.8 Å². The van der Waals surface area contributed by atoms with E-state index in [1.54, 1.807) is 0 Å². The molecule has 0 aromatic carbocycles. The Hall–Kier alpha value is -1.91. The molecule has 2 heterocycles. The van der Waals surface area contributed by atoms with E-state index in [4.69, 9.17) is 0 Å². The molecule has 0 unspecified atom stereocenters. The third-order valence-corrected chi connectivity index (χ3v) is 3.08. The van der Waals surface area contributed by atoms with Crippen LogP contribution in [0.25, 0.3) is 0 Å². The van der Waals surface area contributed by atoms with Crippen LogP contribution in [0.3, 0.4) is 0 Å². The van der Waals surface area contributed by atoms with Crippen molar-refractivity contribution in [2.24, 2.45) is 0 Å². The normalized spacial score (nSPS) is 10.7.